The predicted octanol–water partition coefficient (Wildman–Crippen LogP) is 2.36. The van der Waals surface area contributed by atoms with Crippen molar-refractivity contribution in [2.24, 2.45) is 0 Å². The lowest BCUT2D eigenvalue weighted by molar-refractivity contribution is 0.0586. The molecule has 0 saturated heterocycles. The highest BCUT2D eigenvalue weighted by molar-refractivity contribution is 7.71. The molecule has 82 valence electrons. The Labute approximate surface area is 93.7 Å². The third-order valence-corrected chi connectivity index (χ3v) is 2.42. The number of methoxy groups -OCH3 is 1. The van der Waals surface area contributed by atoms with Crippen molar-refractivity contribution in [1.29, 1.82) is 0 Å². The molecule has 5 heteroatoms. The zero-order valence-corrected chi connectivity index (χ0v) is 10.1. The van der Waals surface area contributed by atoms with Crippen LogP contribution in [0.1, 0.15) is 41.6 Å². The summed E-state index contributed by atoms with van der Waals surface area (Å²) in [4.78, 5) is 18.1. The summed E-state index contributed by atoms with van der Waals surface area (Å²) in [5, 5.41) is 0. The van der Waals surface area contributed by atoms with Crippen LogP contribution in [0.2, 0.25) is 0 Å². The van der Waals surface area contributed by atoms with Gasteiger partial charge in [-0.25, -0.2) is 9.78 Å². The number of esters is 1. The molecule has 1 N–H and O–H groups in total. The van der Waals surface area contributed by atoms with Crippen molar-refractivity contribution in [2.45, 2.75) is 26.7 Å². The number of nitrogens with one attached hydrogen (secondary N) is 1. The Morgan fingerprint density at radius 2 is 2.13 bits per heavy atom. The fourth-order valence-corrected chi connectivity index (χ4v) is 1.95. The quantitative estimate of drug-likeness (QED) is 0.621. The summed E-state index contributed by atoms with van der Waals surface area (Å²) in [7, 11) is 1.31. The molecule has 1 heterocycles. The maximum atomic E-state index is 11.2. The topological polar surface area (TPSA) is 55.0 Å². The van der Waals surface area contributed by atoms with E-state index in [0.29, 0.717) is 4.64 Å². The first-order valence-corrected chi connectivity index (χ1v) is 5.07. The van der Waals surface area contributed by atoms with Gasteiger partial charge in [-0.05, 0) is 12.8 Å². The maximum Gasteiger partial charge on any atom is 0.374 e. The van der Waals surface area contributed by atoms with E-state index >= 15 is 0 Å². The highest BCUT2D eigenvalue weighted by atomic mass is 32.1. The molecule has 0 aliphatic heterocycles. The first-order chi connectivity index (χ1) is 6.97. The van der Waals surface area contributed by atoms with Crippen LogP contribution in [0.25, 0.3) is 0 Å². The van der Waals surface area contributed by atoms with Crippen LogP contribution in [0, 0.1) is 11.6 Å². The number of aryl methyl sites for hydroxylation is 1. The molecule has 0 atom stereocenters. The smallest absolute Gasteiger partial charge is 0.374 e. The Balaban J connectivity index is 3.32. The number of nitrogens with zero attached hydrogens (tertiary/aromatic N) is 1. The van der Waals surface area contributed by atoms with E-state index in [-0.39, 0.29) is 11.7 Å². The molecule has 0 unspecified atom stereocenters. The molecule has 0 aromatic carbocycles. The van der Waals surface area contributed by atoms with E-state index in [1.165, 1.54) is 7.11 Å². The van der Waals surface area contributed by atoms with Crippen LogP contribution in [-0.4, -0.2) is 23.0 Å². The van der Waals surface area contributed by atoms with Crippen LogP contribution < -0.4 is 0 Å². The molecule has 4 nitrogen and oxygen atoms in total. The van der Waals surface area contributed by atoms with Crippen LogP contribution in [0.3, 0.4) is 0 Å². The lowest BCUT2D eigenvalue weighted by Crippen LogP contribution is -2.11. The number of carbonyl (C=O) groups excluding carboxylic acids is 1. The molecule has 0 saturated carbocycles. The molecule has 1 rings (SSSR count). The van der Waals surface area contributed by atoms with E-state index in [1.54, 1.807) is 0 Å². The van der Waals surface area contributed by atoms with Crippen molar-refractivity contribution in [3.8, 4) is 0 Å². The summed E-state index contributed by atoms with van der Waals surface area (Å²) >= 11 is 5.13. The molecule has 0 aliphatic carbocycles. The zero-order valence-electron chi connectivity index (χ0n) is 9.25. The van der Waals surface area contributed by atoms with Crippen LogP contribution in [0.5, 0.6) is 0 Å². The summed E-state index contributed by atoms with van der Waals surface area (Å²) in [6.45, 7) is 5.94. The van der Waals surface area contributed by atoms with Gasteiger partial charge in [0.1, 0.15) is 4.64 Å². The average molecular weight is 226 g/mol. The lowest BCUT2D eigenvalue weighted by atomic mass is 10.0. The molecule has 0 aliphatic rings. The van der Waals surface area contributed by atoms with E-state index in [0.717, 1.165) is 11.3 Å². The summed E-state index contributed by atoms with van der Waals surface area (Å²) in [5.41, 5.74) is 1.84. The van der Waals surface area contributed by atoms with Crippen molar-refractivity contribution in [1.82, 2.24) is 9.97 Å². The highest BCUT2D eigenvalue weighted by Gasteiger charge is 2.13. The van der Waals surface area contributed by atoms with Crippen molar-refractivity contribution in [3.05, 3.63) is 21.7 Å². The van der Waals surface area contributed by atoms with E-state index in [1.807, 2.05) is 20.8 Å². The summed E-state index contributed by atoms with van der Waals surface area (Å²) in [6, 6.07) is 0. The SMILES string of the molecule is COC(=O)c1nc(=S)c(C(C)C)c(C)[nH]1. The van der Waals surface area contributed by atoms with Gasteiger partial charge in [-0.3, -0.25) is 0 Å². The van der Waals surface area contributed by atoms with Gasteiger partial charge in [0, 0.05) is 11.3 Å². The molecular weight excluding hydrogens is 212 g/mol. The number of aromatic amines is 1. The molecule has 1 aromatic heterocycles. The second-order valence-electron chi connectivity index (χ2n) is 3.58. The van der Waals surface area contributed by atoms with Crippen molar-refractivity contribution in [2.75, 3.05) is 7.11 Å². The van der Waals surface area contributed by atoms with E-state index in [2.05, 4.69) is 14.7 Å². The largest absolute Gasteiger partial charge is 0.463 e. The average Bonchev–Trinajstić information content (AvgIpc) is 2.14. The normalized spacial score (nSPS) is 10.5. The third-order valence-electron chi connectivity index (χ3n) is 2.11. The van der Waals surface area contributed by atoms with Gasteiger partial charge in [-0.2, -0.15) is 0 Å². The Morgan fingerprint density at radius 1 is 1.53 bits per heavy atom. The summed E-state index contributed by atoms with van der Waals surface area (Å²) in [5.74, 6) is -0.0585. The van der Waals surface area contributed by atoms with E-state index < -0.39 is 5.97 Å². The second kappa shape index (κ2) is 4.53. The summed E-state index contributed by atoms with van der Waals surface area (Å²) < 4.78 is 5.03. The van der Waals surface area contributed by atoms with Crippen LogP contribution in [0.4, 0.5) is 0 Å². The fourth-order valence-electron chi connectivity index (χ4n) is 1.47. The lowest BCUT2D eigenvalue weighted by Gasteiger charge is -2.10. The van der Waals surface area contributed by atoms with Gasteiger partial charge >= 0.3 is 5.97 Å². The minimum absolute atomic E-state index is 0.157. The number of H-pyrrole nitrogens is 1. The second-order valence-corrected chi connectivity index (χ2v) is 3.96. The van der Waals surface area contributed by atoms with Crippen molar-refractivity contribution >= 4 is 18.2 Å². The Hall–Kier alpha value is -1.23. The predicted molar refractivity (Wildman–Crippen MR) is 59.6 cm³/mol. The number of aromatic nitrogens is 2. The van der Waals surface area contributed by atoms with Gasteiger partial charge in [-0.1, -0.05) is 26.1 Å². The Bertz CT molecular complexity index is 438. The number of ether oxygens (including phenoxy) is 1. The first kappa shape index (κ1) is 11.8. The van der Waals surface area contributed by atoms with Gasteiger partial charge in [0.15, 0.2) is 0 Å². The molecule has 0 fully saturated rings. The van der Waals surface area contributed by atoms with Crippen LogP contribution in [-0.2, 0) is 4.74 Å². The Morgan fingerprint density at radius 3 is 2.53 bits per heavy atom. The van der Waals surface area contributed by atoms with Crippen molar-refractivity contribution in [3.63, 3.8) is 0 Å². The van der Waals surface area contributed by atoms with Crippen LogP contribution >= 0.6 is 12.2 Å². The molecule has 0 spiro atoms. The van der Waals surface area contributed by atoms with E-state index in [4.69, 9.17) is 12.2 Å². The Kier molecular flexibility index (Phi) is 3.57. The first-order valence-electron chi connectivity index (χ1n) is 4.66. The minimum atomic E-state index is -0.500. The third kappa shape index (κ3) is 2.41. The molecule has 1 aromatic rings. The zero-order chi connectivity index (χ0) is 11.6. The van der Waals surface area contributed by atoms with Gasteiger partial charge in [0.2, 0.25) is 5.82 Å². The minimum Gasteiger partial charge on any atom is -0.463 e. The van der Waals surface area contributed by atoms with Gasteiger partial charge in [0.25, 0.3) is 0 Å². The monoisotopic (exact) mass is 226 g/mol. The van der Waals surface area contributed by atoms with Crippen molar-refractivity contribution < 1.29 is 9.53 Å². The standard InChI is InChI=1S/C10H14N2O2S/c1-5(2)7-6(3)11-8(10(13)14-4)12-9(7)15/h5H,1-4H3,(H,11,12,15). The molecule has 0 bridgehead atoms. The molecular formula is C10H14N2O2S. The number of carbonyl (C=O) groups is 1. The number of hydrogen-bond donors (Lipinski definition) is 1. The van der Waals surface area contributed by atoms with Gasteiger partial charge in [-0.15, -0.1) is 0 Å². The molecule has 0 radical (unpaired) electrons. The number of rotatable bonds is 2. The van der Waals surface area contributed by atoms with Crippen LogP contribution in [0.15, 0.2) is 0 Å². The number of hydrogen-bond acceptors (Lipinski definition) is 4. The van der Waals surface area contributed by atoms with E-state index in [9.17, 15) is 4.79 Å². The molecule has 0 amide bonds. The molecule has 15 heavy (non-hydrogen) atoms. The maximum absolute atomic E-state index is 11.2. The van der Waals surface area contributed by atoms with Gasteiger partial charge < -0.3 is 9.72 Å². The summed E-state index contributed by atoms with van der Waals surface area (Å²) in [6.07, 6.45) is 0. The fraction of sp³-hybridized carbons (Fsp3) is 0.500. The highest BCUT2D eigenvalue weighted by Crippen LogP contribution is 2.18. The van der Waals surface area contributed by atoms with Gasteiger partial charge in [0.05, 0.1) is 7.11 Å².